The Morgan fingerprint density at radius 3 is 2.39 bits per heavy atom. The molecule has 2 aromatic carbocycles. The Hall–Kier alpha value is -2.37. The van der Waals surface area contributed by atoms with Crippen LogP contribution < -0.4 is 0 Å². The number of nitro groups is 1. The van der Waals surface area contributed by atoms with Crippen LogP contribution in [0.15, 0.2) is 51.8 Å². The highest BCUT2D eigenvalue weighted by Gasteiger charge is 2.34. The first kappa shape index (κ1) is 20.4. The molecule has 8 nitrogen and oxygen atoms in total. The van der Waals surface area contributed by atoms with Crippen LogP contribution >= 0.6 is 15.9 Å². The normalized spacial score (nSPS) is 15.4. The van der Waals surface area contributed by atoms with Crippen molar-refractivity contribution in [1.29, 1.82) is 0 Å². The van der Waals surface area contributed by atoms with E-state index in [0.29, 0.717) is 4.47 Å². The summed E-state index contributed by atoms with van der Waals surface area (Å²) < 4.78 is 40.6. The van der Waals surface area contributed by atoms with Gasteiger partial charge < -0.3 is 4.90 Å². The molecule has 28 heavy (non-hydrogen) atoms. The van der Waals surface area contributed by atoms with E-state index in [-0.39, 0.29) is 36.6 Å². The zero-order valence-corrected chi connectivity index (χ0v) is 16.8. The number of nitrogens with zero attached hydrogens (tertiary/aromatic N) is 3. The highest BCUT2D eigenvalue weighted by Crippen LogP contribution is 2.27. The Balaban J connectivity index is 1.77. The summed E-state index contributed by atoms with van der Waals surface area (Å²) in [5.41, 5.74) is -0.347. The zero-order valence-electron chi connectivity index (χ0n) is 14.4. The quantitative estimate of drug-likeness (QED) is 0.503. The average molecular weight is 472 g/mol. The molecule has 0 bridgehead atoms. The Morgan fingerprint density at radius 2 is 1.75 bits per heavy atom. The summed E-state index contributed by atoms with van der Waals surface area (Å²) in [6, 6.07) is 8.90. The smallest absolute Gasteiger partial charge is 0.289 e. The SMILES string of the molecule is O=C(c1cc(F)ccc1Br)N1CCN(S(=O)(=O)c2ccccc2[N+](=O)[O-])CC1. The maximum Gasteiger partial charge on any atom is 0.289 e. The van der Waals surface area contributed by atoms with Gasteiger partial charge in [0.1, 0.15) is 5.82 Å². The summed E-state index contributed by atoms with van der Waals surface area (Å²) in [6.07, 6.45) is 0. The van der Waals surface area contributed by atoms with Gasteiger partial charge >= 0.3 is 0 Å². The number of para-hydroxylation sites is 1. The topological polar surface area (TPSA) is 101 Å². The minimum absolute atomic E-state index is 0.0208. The van der Waals surface area contributed by atoms with Gasteiger partial charge in [-0.2, -0.15) is 4.31 Å². The van der Waals surface area contributed by atoms with Gasteiger partial charge in [-0.3, -0.25) is 14.9 Å². The van der Waals surface area contributed by atoms with Gasteiger partial charge in [0.25, 0.3) is 11.6 Å². The minimum Gasteiger partial charge on any atom is -0.336 e. The number of hydrogen-bond acceptors (Lipinski definition) is 5. The number of hydrogen-bond donors (Lipinski definition) is 0. The van der Waals surface area contributed by atoms with E-state index in [4.69, 9.17) is 0 Å². The van der Waals surface area contributed by atoms with Crippen molar-refractivity contribution in [3.8, 4) is 0 Å². The van der Waals surface area contributed by atoms with Gasteiger partial charge in [0.2, 0.25) is 10.0 Å². The van der Waals surface area contributed by atoms with E-state index in [1.165, 1.54) is 35.2 Å². The van der Waals surface area contributed by atoms with Crippen molar-refractivity contribution < 1.29 is 22.5 Å². The molecule has 148 valence electrons. The highest BCUT2D eigenvalue weighted by molar-refractivity contribution is 9.10. The van der Waals surface area contributed by atoms with E-state index in [9.17, 15) is 27.7 Å². The first-order valence-corrected chi connectivity index (χ1v) is 10.4. The monoisotopic (exact) mass is 471 g/mol. The number of rotatable bonds is 4. The van der Waals surface area contributed by atoms with E-state index < -0.39 is 32.4 Å². The van der Waals surface area contributed by atoms with Crippen LogP contribution in [0.4, 0.5) is 10.1 Å². The van der Waals surface area contributed by atoms with Crippen LogP contribution in [-0.4, -0.2) is 54.6 Å². The standard InChI is InChI=1S/C17H15BrFN3O5S/c18-14-6-5-12(19)11-13(14)17(23)20-7-9-21(10-8-20)28(26,27)16-4-2-1-3-15(16)22(24)25/h1-6,11H,7-10H2. The molecular formula is C17H15BrFN3O5S. The van der Waals surface area contributed by atoms with E-state index in [0.717, 1.165) is 16.4 Å². The Labute approximate surface area is 168 Å². The minimum atomic E-state index is -4.08. The Kier molecular flexibility index (Phi) is 5.77. The molecule has 0 N–H and O–H groups in total. The lowest BCUT2D eigenvalue weighted by molar-refractivity contribution is -0.387. The molecule has 1 fully saturated rings. The lowest BCUT2D eigenvalue weighted by Crippen LogP contribution is -2.50. The number of carbonyl (C=O) groups is 1. The number of amides is 1. The van der Waals surface area contributed by atoms with Crippen molar-refractivity contribution in [3.63, 3.8) is 0 Å². The molecule has 0 atom stereocenters. The van der Waals surface area contributed by atoms with E-state index >= 15 is 0 Å². The van der Waals surface area contributed by atoms with Crippen LogP contribution in [0.3, 0.4) is 0 Å². The van der Waals surface area contributed by atoms with E-state index in [1.807, 2.05) is 0 Å². The lowest BCUT2D eigenvalue weighted by Gasteiger charge is -2.34. The van der Waals surface area contributed by atoms with Gasteiger partial charge in [-0.1, -0.05) is 12.1 Å². The zero-order chi connectivity index (χ0) is 20.5. The molecule has 0 aliphatic carbocycles. The summed E-state index contributed by atoms with van der Waals surface area (Å²) in [4.78, 5) is 24.1. The molecule has 11 heteroatoms. The second-order valence-electron chi connectivity index (χ2n) is 6.05. The molecule has 0 saturated carbocycles. The van der Waals surface area contributed by atoms with Crippen LogP contribution in [0.2, 0.25) is 0 Å². The molecule has 2 aromatic rings. The fraction of sp³-hybridized carbons (Fsp3) is 0.235. The largest absolute Gasteiger partial charge is 0.336 e. The number of benzene rings is 2. The third-order valence-corrected chi connectivity index (χ3v) is 7.00. The van der Waals surface area contributed by atoms with Crippen LogP contribution in [0.1, 0.15) is 10.4 Å². The number of piperazine rings is 1. The summed E-state index contributed by atoms with van der Waals surface area (Å²) >= 11 is 3.21. The van der Waals surface area contributed by atoms with Gasteiger partial charge in [0.15, 0.2) is 4.90 Å². The maximum absolute atomic E-state index is 13.4. The van der Waals surface area contributed by atoms with Gasteiger partial charge in [0, 0.05) is 36.7 Å². The molecule has 1 amide bonds. The molecule has 1 aliphatic rings. The molecule has 0 radical (unpaired) electrons. The number of nitro benzene ring substituents is 1. The second kappa shape index (κ2) is 7.94. The Morgan fingerprint density at radius 1 is 1.11 bits per heavy atom. The van der Waals surface area contributed by atoms with Gasteiger partial charge in [0.05, 0.1) is 10.5 Å². The first-order chi connectivity index (χ1) is 13.2. The number of carbonyl (C=O) groups excluding carboxylic acids is 1. The fourth-order valence-corrected chi connectivity index (χ4v) is 4.92. The molecular weight excluding hydrogens is 457 g/mol. The average Bonchev–Trinajstić information content (AvgIpc) is 2.69. The van der Waals surface area contributed by atoms with Crippen molar-refractivity contribution in [2.75, 3.05) is 26.2 Å². The molecule has 0 spiro atoms. The molecule has 3 rings (SSSR count). The second-order valence-corrected chi connectivity index (χ2v) is 8.81. The maximum atomic E-state index is 13.4. The van der Waals surface area contributed by atoms with Crippen molar-refractivity contribution in [2.45, 2.75) is 4.90 Å². The van der Waals surface area contributed by atoms with E-state index in [1.54, 1.807) is 0 Å². The van der Waals surface area contributed by atoms with Crippen molar-refractivity contribution in [2.24, 2.45) is 0 Å². The fourth-order valence-electron chi connectivity index (χ4n) is 2.93. The van der Waals surface area contributed by atoms with Crippen LogP contribution in [0.5, 0.6) is 0 Å². The molecule has 1 heterocycles. The predicted octanol–water partition coefficient (Wildman–Crippen LogP) is 2.64. The third kappa shape index (κ3) is 3.91. The van der Waals surface area contributed by atoms with Crippen LogP contribution in [-0.2, 0) is 10.0 Å². The number of halogens is 2. The summed E-state index contributed by atoms with van der Waals surface area (Å²) in [5.74, 6) is -0.974. The summed E-state index contributed by atoms with van der Waals surface area (Å²) in [6.45, 7) is 0.128. The van der Waals surface area contributed by atoms with Crippen molar-refractivity contribution in [1.82, 2.24) is 9.21 Å². The molecule has 0 unspecified atom stereocenters. The molecule has 0 aromatic heterocycles. The number of sulfonamides is 1. The van der Waals surface area contributed by atoms with Crippen LogP contribution in [0, 0.1) is 15.9 Å². The first-order valence-electron chi connectivity index (χ1n) is 8.19. The summed E-state index contributed by atoms with van der Waals surface area (Å²) in [7, 11) is -4.08. The van der Waals surface area contributed by atoms with Crippen molar-refractivity contribution >= 4 is 37.5 Å². The summed E-state index contributed by atoms with van der Waals surface area (Å²) in [5, 5.41) is 11.1. The highest BCUT2D eigenvalue weighted by atomic mass is 79.9. The van der Waals surface area contributed by atoms with Gasteiger partial charge in [-0.05, 0) is 40.2 Å². The molecule has 1 aliphatic heterocycles. The molecule has 1 saturated heterocycles. The van der Waals surface area contributed by atoms with Gasteiger partial charge in [-0.25, -0.2) is 12.8 Å². The van der Waals surface area contributed by atoms with Crippen LogP contribution in [0.25, 0.3) is 0 Å². The lowest BCUT2D eigenvalue weighted by atomic mass is 10.2. The third-order valence-electron chi connectivity index (χ3n) is 4.36. The predicted molar refractivity (Wildman–Crippen MR) is 102 cm³/mol. The van der Waals surface area contributed by atoms with Gasteiger partial charge in [-0.15, -0.1) is 0 Å². The Bertz CT molecular complexity index is 1040. The van der Waals surface area contributed by atoms with Crippen molar-refractivity contribution in [3.05, 3.63) is 68.4 Å². The van der Waals surface area contributed by atoms with E-state index in [2.05, 4.69) is 15.9 Å².